The van der Waals surface area contributed by atoms with Crippen molar-refractivity contribution in [2.45, 2.75) is 19.1 Å². The van der Waals surface area contributed by atoms with Crippen molar-refractivity contribution in [2.24, 2.45) is 0 Å². The molecular formula is C47H34N2. The number of hydrogen-bond acceptors (Lipinski definition) is 2. The van der Waals surface area contributed by atoms with Gasteiger partial charge in [0.25, 0.3) is 0 Å². The van der Waals surface area contributed by atoms with Crippen LogP contribution in [0.25, 0.3) is 78.1 Å². The molecule has 0 unspecified atom stereocenters. The molecule has 0 aliphatic heterocycles. The summed E-state index contributed by atoms with van der Waals surface area (Å²) in [6.07, 6.45) is 0. The predicted octanol–water partition coefficient (Wildman–Crippen LogP) is 12.3. The van der Waals surface area contributed by atoms with Crippen molar-refractivity contribution in [3.8, 4) is 67.3 Å². The fraction of sp³-hybridized carbons (Fsp3) is 0.0638. The zero-order valence-corrected chi connectivity index (χ0v) is 26.6. The lowest BCUT2D eigenvalue weighted by molar-refractivity contribution is 0.660. The molecule has 0 amide bonds. The summed E-state index contributed by atoms with van der Waals surface area (Å²) in [6.45, 7) is -5.68. The molecule has 0 bridgehead atoms. The molecule has 0 spiro atoms. The van der Waals surface area contributed by atoms with Crippen molar-refractivity contribution in [2.75, 3.05) is 0 Å². The Morgan fingerprint density at radius 3 is 1.67 bits per heavy atom. The highest BCUT2D eigenvalue weighted by atomic mass is 14.9. The molecule has 0 atom stereocenters. The Morgan fingerprint density at radius 1 is 0.388 bits per heavy atom. The van der Waals surface area contributed by atoms with Gasteiger partial charge in [0, 0.05) is 30.3 Å². The van der Waals surface area contributed by atoms with Crippen LogP contribution in [0.15, 0.2) is 170 Å². The molecule has 9 rings (SSSR count). The summed E-state index contributed by atoms with van der Waals surface area (Å²) in [6, 6.07) is 55.4. The van der Waals surface area contributed by atoms with Gasteiger partial charge < -0.3 is 0 Å². The molecule has 1 aliphatic rings. The minimum Gasteiger partial charge on any atom is -0.228 e. The maximum absolute atomic E-state index is 8.69. The van der Waals surface area contributed by atoms with Crippen molar-refractivity contribution in [3.63, 3.8) is 0 Å². The van der Waals surface area contributed by atoms with Crippen LogP contribution in [0, 0.1) is 0 Å². The number of benzene rings is 7. The van der Waals surface area contributed by atoms with Gasteiger partial charge >= 0.3 is 0 Å². The second kappa shape index (κ2) is 11.5. The summed E-state index contributed by atoms with van der Waals surface area (Å²) in [5.41, 5.74) is 7.88. The van der Waals surface area contributed by atoms with Crippen molar-refractivity contribution in [1.82, 2.24) is 9.97 Å². The highest BCUT2D eigenvalue weighted by Gasteiger charge is 2.35. The fourth-order valence-electron chi connectivity index (χ4n) is 7.13. The van der Waals surface area contributed by atoms with Crippen LogP contribution in [-0.2, 0) is 5.41 Å². The average Bonchev–Trinajstić information content (AvgIpc) is 3.52. The van der Waals surface area contributed by atoms with Crippen molar-refractivity contribution in [3.05, 3.63) is 181 Å². The Kier molecular flexibility index (Phi) is 5.47. The van der Waals surface area contributed by atoms with Crippen LogP contribution < -0.4 is 0 Å². The van der Waals surface area contributed by atoms with Gasteiger partial charge in [-0.05, 0) is 67.4 Å². The molecule has 0 saturated heterocycles. The highest BCUT2D eigenvalue weighted by molar-refractivity contribution is 6.05. The van der Waals surface area contributed by atoms with E-state index in [1.54, 1.807) is 18.2 Å². The van der Waals surface area contributed by atoms with Gasteiger partial charge in [-0.3, -0.25) is 0 Å². The van der Waals surface area contributed by atoms with Crippen LogP contribution in [-0.4, -0.2) is 9.97 Å². The molecule has 0 saturated carbocycles. The molecule has 1 aromatic heterocycles. The van der Waals surface area contributed by atoms with E-state index in [0.717, 1.165) is 61.1 Å². The van der Waals surface area contributed by atoms with E-state index in [2.05, 4.69) is 42.5 Å². The second-order valence-electron chi connectivity index (χ2n) is 12.5. The third-order valence-corrected chi connectivity index (χ3v) is 9.60. The van der Waals surface area contributed by atoms with Crippen LogP contribution in [0.5, 0.6) is 0 Å². The van der Waals surface area contributed by atoms with E-state index in [1.807, 2.05) is 109 Å². The molecule has 1 heterocycles. The molecule has 2 nitrogen and oxygen atoms in total. The summed E-state index contributed by atoms with van der Waals surface area (Å²) in [5.74, 6) is 0.609. The first-order chi connectivity index (χ1) is 26.5. The molecule has 0 N–H and O–H groups in total. The van der Waals surface area contributed by atoms with E-state index in [1.165, 1.54) is 0 Å². The number of aromatic nitrogens is 2. The monoisotopic (exact) mass is 632 g/mol. The highest BCUT2D eigenvalue weighted by Crippen LogP contribution is 2.50. The van der Waals surface area contributed by atoms with Gasteiger partial charge in [0.2, 0.25) is 0 Å². The maximum atomic E-state index is 8.69. The molecule has 2 heteroatoms. The van der Waals surface area contributed by atoms with Crippen molar-refractivity contribution >= 4 is 10.8 Å². The lowest BCUT2D eigenvalue weighted by atomic mass is 9.81. The van der Waals surface area contributed by atoms with Gasteiger partial charge in [-0.2, -0.15) is 0 Å². The third kappa shape index (κ3) is 4.96. The minimum absolute atomic E-state index is 0.297. The van der Waals surface area contributed by atoms with E-state index in [4.69, 9.17) is 18.2 Å². The molecule has 0 fully saturated rings. The molecular weight excluding hydrogens is 593 g/mol. The summed E-state index contributed by atoms with van der Waals surface area (Å²) in [5, 5.41) is 1.88. The number of hydrogen-bond donors (Lipinski definition) is 0. The number of rotatable bonds is 5. The SMILES string of the molecule is [2H]C([2H])([2H])C1(C([2H])([2H])[2H])c2ccccc2-c2ccc(-c3ccc(-c4cc(-c5ccc(-c6ccccc6)cc5)nc(-c5ccccc5)n4)c4ccccc34)cc21. The Bertz CT molecular complexity index is 2710. The molecule has 0 radical (unpaired) electrons. The van der Waals surface area contributed by atoms with Crippen molar-refractivity contribution in [1.29, 1.82) is 0 Å². The number of nitrogens with zero attached hydrogens (tertiary/aromatic N) is 2. The van der Waals surface area contributed by atoms with E-state index >= 15 is 0 Å². The van der Waals surface area contributed by atoms with Gasteiger partial charge in [-0.15, -0.1) is 0 Å². The normalized spacial score (nSPS) is 15.2. The molecule has 8 aromatic rings. The zero-order valence-electron chi connectivity index (χ0n) is 32.6. The molecule has 7 aromatic carbocycles. The lowest BCUT2D eigenvalue weighted by Crippen LogP contribution is -2.14. The quantitative estimate of drug-likeness (QED) is 0.189. The Morgan fingerprint density at radius 2 is 0.918 bits per heavy atom. The van der Waals surface area contributed by atoms with Crippen molar-refractivity contribution < 1.29 is 8.22 Å². The van der Waals surface area contributed by atoms with Gasteiger partial charge in [0.1, 0.15) is 0 Å². The summed E-state index contributed by atoms with van der Waals surface area (Å²) >= 11 is 0. The standard InChI is InChI=1S/C47H34N2/c1-47(2)42-20-12-11-19-39(42)40-26-25-35(29-43(40)47)36-27-28-41(38-18-10-9-17-37(36)38)45-30-44(48-46(49-45)34-15-7-4-8-16-34)33-23-21-32(22-24-33)31-13-5-3-6-14-31/h3-30H,1-2H3/i1D3,2D3. The summed E-state index contributed by atoms with van der Waals surface area (Å²) < 4.78 is 52.2. The predicted molar refractivity (Wildman–Crippen MR) is 204 cm³/mol. The largest absolute Gasteiger partial charge is 0.228 e. The van der Waals surface area contributed by atoms with Crippen LogP contribution in [0.1, 0.15) is 33.1 Å². The topological polar surface area (TPSA) is 25.8 Å². The Hall–Kier alpha value is -6.12. The Balaban J connectivity index is 1.21. The first-order valence-corrected chi connectivity index (χ1v) is 16.4. The first kappa shape index (κ1) is 23.2. The molecule has 1 aliphatic carbocycles. The maximum Gasteiger partial charge on any atom is 0.160 e. The Labute approximate surface area is 295 Å². The smallest absolute Gasteiger partial charge is 0.160 e. The first-order valence-electron chi connectivity index (χ1n) is 19.4. The number of fused-ring (bicyclic) bond motifs is 4. The van der Waals surface area contributed by atoms with Crippen LogP contribution >= 0.6 is 0 Å². The second-order valence-corrected chi connectivity index (χ2v) is 12.5. The van der Waals surface area contributed by atoms with Gasteiger partial charge in [0.05, 0.1) is 11.4 Å². The van der Waals surface area contributed by atoms with Crippen LogP contribution in [0.4, 0.5) is 0 Å². The van der Waals surface area contributed by atoms with E-state index in [0.29, 0.717) is 28.1 Å². The average molecular weight is 633 g/mol. The molecule has 232 valence electrons. The van der Waals surface area contributed by atoms with Gasteiger partial charge in [-0.25, -0.2) is 9.97 Å². The van der Waals surface area contributed by atoms with Crippen LogP contribution in [0.3, 0.4) is 0 Å². The van der Waals surface area contributed by atoms with E-state index in [-0.39, 0.29) is 0 Å². The summed E-state index contributed by atoms with van der Waals surface area (Å²) in [4.78, 5) is 10.2. The van der Waals surface area contributed by atoms with E-state index in [9.17, 15) is 0 Å². The van der Waals surface area contributed by atoms with Gasteiger partial charge in [-0.1, -0.05) is 171 Å². The van der Waals surface area contributed by atoms with Crippen LogP contribution in [0.2, 0.25) is 0 Å². The lowest BCUT2D eigenvalue weighted by Gasteiger charge is -2.22. The third-order valence-electron chi connectivity index (χ3n) is 9.60. The fourth-order valence-corrected chi connectivity index (χ4v) is 7.13. The molecule has 49 heavy (non-hydrogen) atoms. The van der Waals surface area contributed by atoms with Gasteiger partial charge in [0.15, 0.2) is 5.82 Å². The minimum atomic E-state index is -2.84. The zero-order chi connectivity index (χ0) is 38.0. The van der Waals surface area contributed by atoms with E-state index < -0.39 is 19.1 Å². The summed E-state index contributed by atoms with van der Waals surface area (Å²) in [7, 11) is 0.